The summed E-state index contributed by atoms with van der Waals surface area (Å²) in [6.45, 7) is 4.66. The summed E-state index contributed by atoms with van der Waals surface area (Å²) in [6.07, 6.45) is 0. The lowest BCUT2D eigenvalue weighted by Gasteiger charge is -2.26. The van der Waals surface area contributed by atoms with Crippen LogP contribution >= 0.6 is 0 Å². The van der Waals surface area contributed by atoms with E-state index in [0.29, 0.717) is 24.1 Å². The van der Waals surface area contributed by atoms with Crippen LogP contribution in [0.4, 0.5) is 0 Å². The van der Waals surface area contributed by atoms with Crippen molar-refractivity contribution >= 4 is 16.9 Å². The summed E-state index contributed by atoms with van der Waals surface area (Å²) >= 11 is 0. The van der Waals surface area contributed by atoms with E-state index in [1.54, 1.807) is 11.0 Å². The number of carbonyl (C=O) groups is 1. The lowest BCUT2D eigenvalue weighted by Crippen LogP contribution is -2.46. The second-order valence-corrected chi connectivity index (χ2v) is 4.97. The first-order chi connectivity index (χ1) is 9.66. The molecule has 20 heavy (non-hydrogen) atoms. The number of rotatable bonds is 1. The second kappa shape index (κ2) is 5.09. The van der Waals surface area contributed by atoms with Crippen molar-refractivity contribution < 1.29 is 9.21 Å². The molecule has 0 radical (unpaired) electrons. The van der Waals surface area contributed by atoms with E-state index in [4.69, 9.17) is 4.42 Å². The van der Waals surface area contributed by atoms with Gasteiger partial charge in [0, 0.05) is 32.2 Å². The van der Waals surface area contributed by atoms with Crippen LogP contribution in [0.2, 0.25) is 0 Å². The van der Waals surface area contributed by atoms with Gasteiger partial charge in [-0.1, -0.05) is 12.1 Å². The summed E-state index contributed by atoms with van der Waals surface area (Å²) in [5.41, 5.74) is 1.16. The van der Waals surface area contributed by atoms with E-state index in [0.717, 1.165) is 18.7 Å². The van der Waals surface area contributed by atoms with E-state index in [1.165, 1.54) is 6.07 Å². The van der Waals surface area contributed by atoms with Gasteiger partial charge in [0.2, 0.25) is 0 Å². The van der Waals surface area contributed by atoms with Crippen LogP contribution in [0, 0.1) is 6.92 Å². The van der Waals surface area contributed by atoms with E-state index in [1.807, 2.05) is 19.1 Å². The summed E-state index contributed by atoms with van der Waals surface area (Å²) in [5, 5.41) is 3.73. The number of nitrogens with one attached hydrogen (secondary N) is 1. The fraction of sp³-hybridized carbons (Fsp3) is 0.333. The Morgan fingerprint density at radius 1 is 1.30 bits per heavy atom. The van der Waals surface area contributed by atoms with Gasteiger partial charge in [0.25, 0.3) is 5.91 Å². The van der Waals surface area contributed by atoms with Crippen molar-refractivity contribution in [2.24, 2.45) is 0 Å². The van der Waals surface area contributed by atoms with Gasteiger partial charge in [-0.3, -0.25) is 9.59 Å². The third-order valence-electron chi connectivity index (χ3n) is 3.58. The molecule has 0 aliphatic carbocycles. The average molecular weight is 272 g/mol. The van der Waals surface area contributed by atoms with E-state index in [2.05, 4.69) is 5.32 Å². The maximum atomic E-state index is 12.3. The van der Waals surface area contributed by atoms with Gasteiger partial charge >= 0.3 is 0 Å². The zero-order chi connectivity index (χ0) is 14.1. The number of nitrogens with zero attached hydrogens (tertiary/aromatic N) is 1. The van der Waals surface area contributed by atoms with E-state index in [-0.39, 0.29) is 17.1 Å². The highest BCUT2D eigenvalue weighted by molar-refractivity contribution is 5.93. The number of hydrogen-bond acceptors (Lipinski definition) is 4. The molecule has 0 atom stereocenters. The maximum absolute atomic E-state index is 12.3. The van der Waals surface area contributed by atoms with Crippen LogP contribution in [0.5, 0.6) is 0 Å². The molecule has 3 rings (SSSR count). The Bertz CT molecular complexity index is 715. The molecule has 1 saturated heterocycles. The third kappa shape index (κ3) is 2.20. The summed E-state index contributed by atoms with van der Waals surface area (Å²) in [5.74, 6) is -0.0954. The number of aryl methyl sites for hydroxylation is 1. The first kappa shape index (κ1) is 12.9. The largest absolute Gasteiger partial charge is 0.451 e. The van der Waals surface area contributed by atoms with Crippen molar-refractivity contribution in [2.75, 3.05) is 26.2 Å². The van der Waals surface area contributed by atoms with Crippen LogP contribution < -0.4 is 10.7 Å². The number of fused-ring (bicyclic) bond motifs is 1. The number of amides is 1. The monoisotopic (exact) mass is 272 g/mol. The zero-order valence-electron chi connectivity index (χ0n) is 11.3. The molecule has 0 unspecified atom stereocenters. The molecule has 2 aromatic rings. The molecule has 5 heteroatoms. The molecule has 0 bridgehead atoms. The Morgan fingerprint density at radius 3 is 2.80 bits per heavy atom. The molecule has 1 fully saturated rings. The van der Waals surface area contributed by atoms with Gasteiger partial charge in [0.1, 0.15) is 5.58 Å². The fourth-order valence-electron chi connectivity index (χ4n) is 2.51. The minimum Gasteiger partial charge on any atom is -0.451 e. The van der Waals surface area contributed by atoms with Crippen molar-refractivity contribution in [3.05, 3.63) is 45.8 Å². The van der Waals surface area contributed by atoms with Crippen molar-refractivity contribution in [1.29, 1.82) is 0 Å². The Labute approximate surface area is 116 Å². The van der Waals surface area contributed by atoms with Crippen LogP contribution in [0.15, 0.2) is 33.5 Å². The van der Waals surface area contributed by atoms with Gasteiger partial charge in [-0.2, -0.15) is 0 Å². The number of carbonyl (C=O) groups excluding carboxylic acids is 1. The molecule has 104 valence electrons. The molecular weight excluding hydrogens is 256 g/mol. The van der Waals surface area contributed by atoms with Gasteiger partial charge in [-0.15, -0.1) is 0 Å². The maximum Gasteiger partial charge on any atom is 0.289 e. The molecule has 2 heterocycles. The first-order valence-electron chi connectivity index (χ1n) is 6.70. The third-order valence-corrected chi connectivity index (χ3v) is 3.58. The number of hydrogen-bond donors (Lipinski definition) is 1. The highest BCUT2D eigenvalue weighted by Crippen LogP contribution is 2.17. The zero-order valence-corrected chi connectivity index (χ0v) is 11.3. The molecule has 1 amide bonds. The van der Waals surface area contributed by atoms with E-state index < -0.39 is 0 Å². The summed E-state index contributed by atoms with van der Waals surface area (Å²) in [4.78, 5) is 26.2. The molecule has 1 aliphatic rings. The topological polar surface area (TPSA) is 62.6 Å². The van der Waals surface area contributed by atoms with Crippen LogP contribution in [0.3, 0.4) is 0 Å². The van der Waals surface area contributed by atoms with Crippen LogP contribution in [0.1, 0.15) is 16.1 Å². The van der Waals surface area contributed by atoms with E-state index >= 15 is 0 Å². The summed E-state index contributed by atoms with van der Waals surface area (Å²) < 4.78 is 5.63. The lowest BCUT2D eigenvalue weighted by atomic mass is 10.1. The summed E-state index contributed by atoms with van der Waals surface area (Å²) in [7, 11) is 0. The predicted octanol–water partition coefficient (Wildman–Crippen LogP) is 1.15. The Kier molecular flexibility index (Phi) is 3.28. The Balaban J connectivity index is 2.04. The molecule has 1 aromatic heterocycles. The average Bonchev–Trinajstić information content (AvgIpc) is 2.47. The highest BCUT2D eigenvalue weighted by atomic mass is 16.3. The van der Waals surface area contributed by atoms with Gasteiger partial charge in [-0.05, 0) is 18.6 Å². The SMILES string of the molecule is Cc1cccc2oc(C(=O)N3CCNCC3)cc(=O)c12. The first-order valence-corrected chi connectivity index (χ1v) is 6.70. The fourth-order valence-corrected chi connectivity index (χ4v) is 2.51. The normalized spacial score (nSPS) is 15.6. The molecule has 0 saturated carbocycles. The smallest absolute Gasteiger partial charge is 0.289 e. The van der Waals surface area contributed by atoms with Gasteiger partial charge in [0.05, 0.1) is 5.39 Å². The number of piperazine rings is 1. The quantitative estimate of drug-likeness (QED) is 0.846. The molecule has 1 aromatic carbocycles. The molecule has 0 spiro atoms. The van der Waals surface area contributed by atoms with Crippen molar-refractivity contribution in [2.45, 2.75) is 6.92 Å². The molecule has 5 nitrogen and oxygen atoms in total. The lowest BCUT2D eigenvalue weighted by molar-refractivity contribution is 0.0704. The summed E-state index contributed by atoms with van der Waals surface area (Å²) in [6, 6.07) is 6.70. The Hall–Kier alpha value is -2.14. The van der Waals surface area contributed by atoms with Gasteiger partial charge in [-0.25, -0.2) is 0 Å². The van der Waals surface area contributed by atoms with Gasteiger partial charge < -0.3 is 14.6 Å². The van der Waals surface area contributed by atoms with Crippen LogP contribution in [-0.2, 0) is 0 Å². The predicted molar refractivity (Wildman–Crippen MR) is 76.0 cm³/mol. The minimum absolute atomic E-state index is 0.120. The number of benzene rings is 1. The standard InChI is InChI=1S/C15H16N2O3/c1-10-3-2-4-12-14(10)11(18)9-13(20-12)15(19)17-7-5-16-6-8-17/h2-4,9,16H,5-8H2,1H3. The van der Waals surface area contributed by atoms with Crippen molar-refractivity contribution in [3.63, 3.8) is 0 Å². The van der Waals surface area contributed by atoms with Crippen LogP contribution in [0.25, 0.3) is 11.0 Å². The molecule has 1 N–H and O–H groups in total. The second-order valence-electron chi connectivity index (χ2n) is 4.97. The van der Waals surface area contributed by atoms with E-state index in [9.17, 15) is 9.59 Å². The van der Waals surface area contributed by atoms with Gasteiger partial charge in [0.15, 0.2) is 11.2 Å². The minimum atomic E-state index is -0.216. The Morgan fingerprint density at radius 2 is 2.05 bits per heavy atom. The van der Waals surface area contributed by atoms with Crippen molar-refractivity contribution in [3.8, 4) is 0 Å². The van der Waals surface area contributed by atoms with Crippen LogP contribution in [-0.4, -0.2) is 37.0 Å². The highest BCUT2D eigenvalue weighted by Gasteiger charge is 2.21. The molecule has 1 aliphatic heterocycles. The molecular formula is C15H16N2O3. The van der Waals surface area contributed by atoms with Crippen molar-refractivity contribution in [1.82, 2.24) is 10.2 Å².